The molecule has 0 spiro atoms. The second-order valence-electron chi connectivity index (χ2n) is 4.70. The Bertz CT molecular complexity index is 775. The molecule has 2 aromatic heterocycles. The molecule has 0 aliphatic rings. The van der Waals surface area contributed by atoms with E-state index in [0.29, 0.717) is 0 Å². The third-order valence-corrected chi connectivity index (χ3v) is 4.32. The van der Waals surface area contributed by atoms with E-state index in [2.05, 4.69) is 39.7 Å². The highest BCUT2D eigenvalue weighted by Crippen LogP contribution is 2.34. The summed E-state index contributed by atoms with van der Waals surface area (Å²) in [7, 11) is 1.85. The van der Waals surface area contributed by atoms with Gasteiger partial charge < -0.3 is 4.57 Å². The molecule has 1 atom stereocenters. The smallest absolute Gasteiger partial charge is 0.170 e. The molecule has 7 heteroatoms. The van der Waals surface area contributed by atoms with Crippen LogP contribution in [-0.4, -0.2) is 29.8 Å². The summed E-state index contributed by atoms with van der Waals surface area (Å²) in [5.74, 6) is 0.831. The predicted octanol–water partition coefficient (Wildman–Crippen LogP) is 2.60. The molecule has 0 bridgehead atoms. The molecule has 108 valence electrons. The molecule has 0 saturated carbocycles. The maximum absolute atomic E-state index is 4.71. The second kappa shape index (κ2) is 5.69. The van der Waals surface area contributed by atoms with E-state index >= 15 is 0 Å². The number of hydrogen-bond donors (Lipinski definition) is 0. The fourth-order valence-corrected chi connectivity index (χ4v) is 3.31. The molecule has 0 aliphatic heterocycles. The largest absolute Gasteiger partial charge is 0.315 e. The minimum absolute atomic E-state index is 0.116. The molecular formula is C14H16N6S. The molecule has 0 radical (unpaired) electrons. The molecule has 0 saturated heterocycles. The number of thioether (sulfide) groups is 1. The fraction of sp³-hybridized carbons (Fsp3) is 0.286. The monoisotopic (exact) mass is 300 g/mol. The van der Waals surface area contributed by atoms with Crippen LogP contribution in [0.3, 0.4) is 0 Å². The standard InChI is InChI=1S/C14H16N6S/c1-4-9-20-12-8-6-5-7-11(12)15-14(20)21-10(2)13-16-17-18-19(13)3/h4-8,10H,1,9H2,2-3H3/t10-/m0/s1. The van der Waals surface area contributed by atoms with Crippen molar-refractivity contribution in [2.45, 2.75) is 23.9 Å². The van der Waals surface area contributed by atoms with E-state index in [4.69, 9.17) is 4.98 Å². The van der Waals surface area contributed by atoms with E-state index in [1.54, 1.807) is 16.4 Å². The highest BCUT2D eigenvalue weighted by Gasteiger charge is 2.18. The average molecular weight is 300 g/mol. The van der Waals surface area contributed by atoms with Gasteiger partial charge in [-0.1, -0.05) is 30.0 Å². The first kappa shape index (κ1) is 13.8. The quantitative estimate of drug-likeness (QED) is 0.535. The minimum atomic E-state index is 0.116. The summed E-state index contributed by atoms with van der Waals surface area (Å²) in [6.07, 6.45) is 1.88. The minimum Gasteiger partial charge on any atom is -0.315 e. The summed E-state index contributed by atoms with van der Waals surface area (Å²) in [6, 6.07) is 8.12. The van der Waals surface area contributed by atoms with Crippen molar-refractivity contribution >= 4 is 22.8 Å². The van der Waals surface area contributed by atoms with Gasteiger partial charge in [0.05, 0.1) is 16.3 Å². The van der Waals surface area contributed by atoms with Crippen LogP contribution in [0.4, 0.5) is 0 Å². The van der Waals surface area contributed by atoms with Gasteiger partial charge in [0.25, 0.3) is 0 Å². The van der Waals surface area contributed by atoms with Gasteiger partial charge in [0.1, 0.15) is 0 Å². The average Bonchev–Trinajstić information content (AvgIpc) is 3.04. The Labute approximate surface area is 126 Å². The SMILES string of the molecule is C=CCn1c(S[C@@H](C)c2nnnn2C)nc2ccccc21. The van der Waals surface area contributed by atoms with E-state index in [9.17, 15) is 0 Å². The highest BCUT2D eigenvalue weighted by atomic mass is 32.2. The van der Waals surface area contributed by atoms with E-state index in [1.165, 1.54) is 0 Å². The molecule has 3 aromatic rings. The van der Waals surface area contributed by atoms with Crippen LogP contribution < -0.4 is 0 Å². The van der Waals surface area contributed by atoms with Gasteiger partial charge in [-0.05, 0) is 29.5 Å². The number of fused-ring (bicyclic) bond motifs is 1. The van der Waals surface area contributed by atoms with Gasteiger partial charge in [0.2, 0.25) is 0 Å². The normalized spacial score (nSPS) is 12.7. The van der Waals surface area contributed by atoms with Crippen LogP contribution in [0.1, 0.15) is 18.0 Å². The Morgan fingerprint density at radius 3 is 2.90 bits per heavy atom. The molecule has 6 nitrogen and oxygen atoms in total. The molecule has 0 aliphatic carbocycles. The van der Waals surface area contributed by atoms with Crippen molar-refractivity contribution in [3.05, 3.63) is 42.7 Å². The number of nitrogens with zero attached hydrogens (tertiary/aromatic N) is 6. The van der Waals surface area contributed by atoms with Crippen LogP contribution in [0, 0.1) is 0 Å². The van der Waals surface area contributed by atoms with Crippen molar-refractivity contribution in [2.75, 3.05) is 0 Å². The number of para-hydroxylation sites is 2. The van der Waals surface area contributed by atoms with Gasteiger partial charge in [-0.25, -0.2) is 9.67 Å². The summed E-state index contributed by atoms with van der Waals surface area (Å²) in [4.78, 5) is 4.71. The molecule has 0 amide bonds. The summed E-state index contributed by atoms with van der Waals surface area (Å²) < 4.78 is 3.85. The Kier molecular flexibility index (Phi) is 3.74. The van der Waals surface area contributed by atoms with Crippen LogP contribution >= 0.6 is 11.8 Å². The zero-order valence-electron chi connectivity index (χ0n) is 12.0. The van der Waals surface area contributed by atoms with Crippen molar-refractivity contribution in [1.29, 1.82) is 0 Å². The molecule has 0 fully saturated rings. The number of aromatic nitrogens is 6. The third kappa shape index (κ3) is 2.56. The lowest BCUT2D eigenvalue weighted by Crippen LogP contribution is -2.04. The second-order valence-corrected chi connectivity index (χ2v) is 6.01. The number of imidazole rings is 1. The zero-order valence-corrected chi connectivity index (χ0v) is 12.8. The van der Waals surface area contributed by atoms with Gasteiger partial charge in [-0.15, -0.1) is 11.7 Å². The number of hydrogen-bond acceptors (Lipinski definition) is 5. The highest BCUT2D eigenvalue weighted by molar-refractivity contribution is 7.99. The Balaban J connectivity index is 1.98. The van der Waals surface area contributed by atoms with Gasteiger partial charge in [0, 0.05) is 13.6 Å². The van der Waals surface area contributed by atoms with Crippen molar-refractivity contribution in [3.8, 4) is 0 Å². The number of aryl methyl sites for hydroxylation is 1. The maximum Gasteiger partial charge on any atom is 0.170 e. The lowest BCUT2D eigenvalue weighted by Gasteiger charge is -2.10. The summed E-state index contributed by atoms with van der Waals surface area (Å²) in [6.45, 7) is 6.64. The van der Waals surface area contributed by atoms with Crippen LogP contribution in [0.5, 0.6) is 0 Å². The third-order valence-electron chi connectivity index (χ3n) is 3.23. The predicted molar refractivity (Wildman–Crippen MR) is 83.0 cm³/mol. The summed E-state index contributed by atoms with van der Waals surface area (Å²) in [5.41, 5.74) is 2.10. The molecule has 0 unspecified atom stereocenters. The van der Waals surface area contributed by atoms with Crippen LogP contribution in [0.15, 0.2) is 42.1 Å². The van der Waals surface area contributed by atoms with E-state index in [-0.39, 0.29) is 5.25 Å². The topological polar surface area (TPSA) is 61.4 Å². The van der Waals surface area contributed by atoms with Crippen molar-refractivity contribution in [1.82, 2.24) is 29.8 Å². The lowest BCUT2D eigenvalue weighted by atomic mass is 10.3. The molecular weight excluding hydrogens is 284 g/mol. The summed E-state index contributed by atoms with van der Waals surface area (Å²) in [5, 5.41) is 12.7. The van der Waals surface area contributed by atoms with Crippen molar-refractivity contribution < 1.29 is 0 Å². The summed E-state index contributed by atoms with van der Waals surface area (Å²) >= 11 is 1.65. The number of tetrazole rings is 1. The number of benzene rings is 1. The zero-order chi connectivity index (χ0) is 14.8. The van der Waals surface area contributed by atoms with Gasteiger partial charge in [-0.3, -0.25) is 0 Å². The number of allylic oxidation sites excluding steroid dienone is 1. The molecule has 0 N–H and O–H groups in total. The first-order chi connectivity index (χ1) is 10.2. The van der Waals surface area contributed by atoms with E-state index in [1.807, 2.05) is 31.3 Å². The molecule has 21 heavy (non-hydrogen) atoms. The van der Waals surface area contributed by atoms with Crippen LogP contribution in [0.25, 0.3) is 11.0 Å². The Morgan fingerprint density at radius 2 is 2.19 bits per heavy atom. The maximum atomic E-state index is 4.71. The molecule has 2 heterocycles. The van der Waals surface area contributed by atoms with Gasteiger partial charge in [-0.2, -0.15) is 0 Å². The van der Waals surface area contributed by atoms with Crippen molar-refractivity contribution in [2.24, 2.45) is 7.05 Å². The molecule has 1 aromatic carbocycles. The van der Waals surface area contributed by atoms with Crippen LogP contribution in [0.2, 0.25) is 0 Å². The van der Waals surface area contributed by atoms with E-state index in [0.717, 1.165) is 28.6 Å². The Morgan fingerprint density at radius 1 is 1.38 bits per heavy atom. The first-order valence-electron chi connectivity index (χ1n) is 6.65. The van der Waals surface area contributed by atoms with Gasteiger partial charge in [0.15, 0.2) is 11.0 Å². The number of rotatable bonds is 5. The van der Waals surface area contributed by atoms with Gasteiger partial charge >= 0.3 is 0 Å². The van der Waals surface area contributed by atoms with Crippen LogP contribution in [-0.2, 0) is 13.6 Å². The van der Waals surface area contributed by atoms with Crippen molar-refractivity contribution in [3.63, 3.8) is 0 Å². The fourth-order valence-electron chi connectivity index (χ4n) is 2.24. The Hall–Kier alpha value is -2.15. The first-order valence-corrected chi connectivity index (χ1v) is 7.53. The lowest BCUT2D eigenvalue weighted by molar-refractivity contribution is 0.676. The van der Waals surface area contributed by atoms with E-state index < -0.39 is 0 Å². The molecule has 3 rings (SSSR count).